The quantitative estimate of drug-likeness (QED) is 0.840. The van der Waals surface area contributed by atoms with Gasteiger partial charge in [0.1, 0.15) is 11.9 Å². The Kier molecular flexibility index (Phi) is 3.42. The van der Waals surface area contributed by atoms with Gasteiger partial charge in [0.2, 0.25) is 0 Å². The number of carboxylic acids is 1. The molecule has 1 aliphatic rings. The largest absolute Gasteiger partial charge is 0.480 e. The van der Waals surface area contributed by atoms with Crippen LogP contribution in [0.25, 0.3) is 0 Å². The molecule has 2 rings (SSSR count). The molecule has 1 aliphatic heterocycles. The molecule has 0 aliphatic carbocycles. The van der Waals surface area contributed by atoms with Crippen molar-refractivity contribution in [3.05, 3.63) is 23.4 Å². The molecule has 6 heteroatoms. The zero-order valence-corrected chi connectivity index (χ0v) is 11.0. The van der Waals surface area contributed by atoms with Crippen molar-refractivity contribution in [1.82, 2.24) is 4.98 Å². The number of nitrogens with two attached hydrogens (primary N) is 1. The van der Waals surface area contributed by atoms with Crippen LogP contribution in [0.3, 0.4) is 0 Å². The van der Waals surface area contributed by atoms with E-state index in [0.717, 1.165) is 6.42 Å². The van der Waals surface area contributed by atoms with Gasteiger partial charge in [0, 0.05) is 12.7 Å². The molecule has 0 saturated carbocycles. The Balaban J connectivity index is 2.50. The number of aryl methyl sites for hydroxylation is 1. The van der Waals surface area contributed by atoms with Crippen LogP contribution >= 0.6 is 0 Å². The lowest BCUT2D eigenvalue weighted by Crippen LogP contribution is -2.40. The molecule has 1 saturated heterocycles. The summed E-state index contributed by atoms with van der Waals surface area (Å²) in [5.74, 6) is -1.09. The Morgan fingerprint density at radius 2 is 2.21 bits per heavy atom. The van der Waals surface area contributed by atoms with Crippen molar-refractivity contribution in [2.75, 3.05) is 11.4 Å². The molecule has 0 radical (unpaired) electrons. The van der Waals surface area contributed by atoms with E-state index >= 15 is 0 Å². The summed E-state index contributed by atoms with van der Waals surface area (Å²) in [6.45, 7) is 4.22. The van der Waals surface area contributed by atoms with Crippen LogP contribution in [0, 0.1) is 12.8 Å². The number of carbonyl (C=O) groups excluding carboxylic acids is 1. The van der Waals surface area contributed by atoms with Gasteiger partial charge in [-0.25, -0.2) is 9.78 Å². The molecule has 1 amide bonds. The van der Waals surface area contributed by atoms with Crippen LogP contribution in [0.5, 0.6) is 0 Å². The molecular weight excluding hydrogens is 246 g/mol. The van der Waals surface area contributed by atoms with Crippen molar-refractivity contribution in [1.29, 1.82) is 0 Å². The normalized spacial score (nSPS) is 22.5. The summed E-state index contributed by atoms with van der Waals surface area (Å²) >= 11 is 0. The maximum Gasteiger partial charge on any atom is 0.326 e. The fourth-order valence-electron chi connectivity index (χ4n) is 2.63. The molecule has 3 N–H and O–H groups in total. The van der Waals surface area contributed by atoms with Crippen LogP contribution < -0.4 is 10.6 Å². The first-order chi connectivity index (χ1) is 8.93. The summed E-state index contributed by atoms with van der Waals surface area (Å²) in [7, 11) is 0. The number of pyridine rings is 1. The van der Waals surface area contributed by atoms with E-state index < -0.39 is 17.9 Å². The molecule has 2 unspecified atom stereocenters. The summed E-state index contributed by atoms with van der Waals surface area (Å²) in [6, 6.07) is 1.03. The summed E-state index contributed by atoms with van der Waals surface area (Å²) < 4.78 is 0. The number of amides is 1. The smallest absolute Gasteiger partial charge is 0.326 e. The number of nitrogens with zero attached hydrogens (tertiary/aromatic N) is 2. The maximum atomic E-state index is 11.6. The molecule has 19 heavy (non-hydrogen) atoms. The van der Waals surface area contributed by atoms with E-state index in [4.69, 9.17) is 5.73 Å². The highest BCUT2D eigenvalue weighted by Gasteiger charge is 2.39. The molecule has 0 aromatic carbocycles. The number of anilines is 1. The van der Waals surface area contributed by atoms with E-state index in [1.807, 2.05) is 6.92 Å². The lowest BCUT2D eigenvalue weighted by molar-refractivity contribution is -0.139. The minimum Gasteiger partial charge on any atom is -0.480 e. The second-order valence-electron chi connectivity index (χ2n) is 4.93. The highest BCUT2D eigenvalue weighted by atomic mass is 16.4. The number of hydrogen-bond acceptors (Lipinski definition) is 4. The van der Waals surface area contributed by atoms with Crippen LogP contribution in [0.2, 0.25) is 0 Å². The zero-order valence-electron chi connectivity index (χ0n) is 11.0. The number of hydrogen-bond donors (Lipinski definition) is 2. The van der Waals surface area contributed by atoms with Crippen molar-refractivity contribution in [2.24, 2.45) is 11.7 Å². The Hall–Kier alpha value is -2.11. The Labute approximate surface area is 111 Å². The van der Waals surface area contributed by atoms with Crippen LogP contribution in [-0.2, 0) is 4.79 Å². The fraction of sp³-hybridized carbons (Fsp3) is 0.462. The topological polar surface area (TPSA) is 96.5 Å². The van der Waals surface area contributed by atoms with Crippen LogP contribution in [0.1, 0.15) is 29.3 Å². The first-order valence-electron chi connectivity index (χ1n) is 6.18. The van der Waals surface area contributed by atoms with Gasteiger partial charge >= 0.3 is 5.97 Å². The molecule has 2 atom stereocenters. The molecule has 6 nitrogen and oxygen atoms in total. The van der Waals surface area contributed by atoms with Gasteiger partial charge < -0.3 is 15.7 Å². The lowest BCUT2D eigenvalue weighted by Gasteiger charge is -2.26. The first-order valence-corrected chi connectivity index (χ1v) is 6.18. The maximum absolute atomic E-state index is 11.6. The third-order valence-electron chi connectivity index (χ3n) is 3.61. The molecule has 0 bridgehead atoms. The molecule has 1 aromatic rings. The highest BCUT2D eigenvalue weighted by molar-refractivity contribution is 5.99. The Morgan fingerprint density at radius 1 is 1.53 bits per heavy atom. The number of rotatable bonds is 3. The number of carbonyl (C=O) groups is 2. The summed E-state index contributed by atoms with van der Waals surface area (Å²) in [6.07, 6.45) is 2.32. The third kappa shape index (κ3) is 2.25. The van der Waals surface area contributed by atoms with Gasteiger partial charge in [0.15, 0.2) is 0 Å². The average molecular weight is 263 g/mol. The van der Waals surface area contributed by atoms with Gasteiger partial charge in [-0.1, -0.05) is 6.92 Å². The molecular formula is C13H17N3O3. The van der Waals surface area contributed by atoms with E-state index in [2.05, 4.69) is 4.98 Å². The minimum atomic E-state index is -0.899. The number of carboxylic acid groups (broad SMARTS) is 1. The van der Waals surface area contributed by atoms with E-state index in [0.29, 0.717) is 23.5 Å². The van der Waals surface area contributed by atoms with E-state index in [1.165, 1.54) is 0 Å². The van der Waals surface area contributed by atoms with Gasteiger partial charge in [-0.05, 0) is 30.9 Å². The van der Waals surface area contributed by atoms with Crippen molar-refractivity contribution < 1.29 is 14.7 Å². The average Bonchev–Trinajstić information content (AvgIpc) is 2.70. The molecule has 102 valence electrons. The number of primary amides is 1. The Bertz CT molecular complexity index is 530. The second-order valence-corrected chi connectivity index (χ2v) is 4.93. The van der Waals surface area contributed by atoms with Crippen LogP contribution in [0.15, 0.2) is 12.3 Å². The number of aromatic nitrogens is 1. The van der Waals surface area contributed by atoms with Gasteiger partial charge in [-0.3, -0.25) is 4.79 Å². The SMILES string of the molecule is Cc1ccnc(N2CCC(C)C2C(=O)O)c1C(N)=O. The second kappa shape index (κ2) is 4.87. The summed E-state index contributed by atoms with van der Waals surface area (Å²) in [4.78, 5) is 28.8. The first kappa shape index (κ1) is 13.3. The fourth-order valence-corrected chi connectivity index (χ4v) is 2.63. The van der Waals surface area contributed by atoms with E-state index in [-0.39, 0.29) is 5.92 Å². The van der Waals surface area contributed by atoms with Crippen molar-refractivity contribution >= 4 is 17.7 Å². The lowest BCUT2D eigenvalue weighted by atomic mass is 10.0. The number of aliphatic carboxylic acids is 1. The third-order valence-corrected chi connectivity index (χ3v) is 3.61. The van der Waals surface area contributed by atoms with Gasteiger partial charge in [0.05, 0.1) is 5.56 Å². The summed E-state index contributed by atoms with van der Waals surface area (Å²) in [5.41, 5.74) is 6.40. The van der Waals surface area contributed by atoms with Crippen LogP contribution in [0.4, 0.5) is 5.82 Å². The van der Waals surface area contributed by atoms with E-state index in [9.17, 15) is 14.7 Å². The molecule has 0 spiro atoms. The Morgan fingerprint density at radius 3 is 2.79 bits per heavy atom. The standard InChI is InChI=1S/C13H17N3O3/c1-7-3-5-15-12(9(7)11(14)17)16-6-4-8(2)10(16)13(18)19/h3,5,8,10H,4,6H2,1-2H3,(H2,14,17)(H,18,19). The highest BCUT2D eigenvalue weighted by Crippen LogP contribution is 2.31. The summed E-state index contributed by atoms with van der Waals surface area (Å²) in [5, 5.41) is 9.33. The van der Waals surface area contributed by atoms with Crippen molar-refractivity contribution in [3.8, 4) is 0 Å². The predicted molar refractivity (Wildman–Crippen MR) is 70.0 cm³/mol. The van der Waals surface area contributed by atoms with Crippen molar-refractivity contribution in [3.63, 3.8) is 0 Å². The predicted octanol–water partition coefficient (Wildman–Crippen LogP) is 0.788. The van der Waals surface area contributed by atoms with Crippen LogP contribution in [-0.4, -0.2) is 34.6 Å². The van der Waals surface area contributed by atoms with Gasteiger partial charge in [-0.2, -0.15) is 0 Å². The monoisotopic (exact) mass is 263 g/mol. The minimum absolute atomic E-state index is 0.0144. The van der Waals surface area contributed by atoms with E-state index in [1.54, 1.807) is 24.1 Å². The van der Waals surface area contributed by atoms with Gasteiger partial charge in [-0.15, -0.1) is 0 Å². The molecule has 1 fully saturated rings. The van der Waals surface area contributed by atoms with Gasteiger partial charge in [0.25, 0.3) is 5.91 Å². The zero-order chi connectivity index (χ0) is 14.2. The molecule has 2 heterocycles. The molecule has 1 aromatic heterocycles. The van der Waals surface area contributed by atoms with Crippen molar-refractivity contribution in [2.45, 2.75) is 26.3 Å².